The Morgan fingerprint density at radius 1 is 0.506 bits per heavy atom. The summed E-state index contributed by atoms with van der Waals surface area (Å²) in [5, 5.41) is 2.16. The van der Waals surface area contributed by atoms with Crippen LogP contribution in [0.3, 0.4) is 0 Å². The molecule has 4 bridgehead atoms. The van der Waals surface area contributed by atoms with Crippen LogP contribution in [-0.4, -0.2) is 19.1 Å². The van der Waals surface area contributed by atoms with E-state index in [0.29, 0.717) is 0 Å². The zero-order valence-electron chi connectivity index (χ0n) is 46.4. The molecule has 0 fully saturated rings. The number of rotatable bonds is 8. The zero-order valence-corrected chi connectivity index (χ0v) is 48.8. The minimum Gasteiger partial charge on any atom is -0.501 e. The fourth-order valence-electron chi connectivity index (χ4n) is 12.0. The van der Waals surface area contributed by atoms with Gasteiger partial charge in [0.25, 0.3) is 0 Å². The second-order valence-electron chi connectivity index (χ2n) is 22.1. The van der Waals surface area contributed by atoms with E-state index in [1.807, 2.05) is 24.3 Å². The van der Waals surface area contributed by atoms with Gasteiger partial charge in [-0.1, -0.05) is 166 Å². The van der Waals surface area contributed by atoms with Gasteiger partial charge in [0.15, 0.2) is 0 Å². The molecule has 17 rings (SSSR count). The first-order valence-electron chi connectivity index (χ1n) is 28.0. The fraction of sp³-hybridized carbons (Fsp3) is 0.162. The molecule has 4 aliphatic rings. The summed E-state index contributed by atoms with van der Waals surface area (Å²) >= 11 is 0. The molecule has 3 aromatic heterocycles. The Labute approximate surface area is 487 Å². The number of nitrogens with zero attached hydrogens (tertiary/aromatic N) is 4. The average Bonchev–Trinajstić information content (AvgIpc) is 4.32. The largest absolute Gasteiger partial charge is 0.501 e. The van der Waals surface area contributed by atoms with Crippen LogP contribution < -0.4 is 0 Å². The average molecular weight is 1230 g/mol. The van der Waals surface area contributed by atoms with Crippen molar-refractivity contribution in [3.8, 4) is 56.4 Å². The number of hydrogen-bond donors (Lipinski definition) is 0. The molecule has 81 heavy (non-hydrogen) atoms. The number of halogens is 1. The van der Waals surface area contributed by atoms with Crippen molar-refractivity contribution in [2.45, 2.75) is 79.1 Å². The third-order valence-electron chi connectivity index (χ3n) is 16.1. The molecule has 0 spiro atoms. The molecule has 0 saturated carbocycles. The number of aryl methyl sites for hydroxylation is 6. The van der Waals surface area contributed by atoms with Crippen LogP contribution in [0.4, 0.5) is 4.39 Å². The Morgan fingerprint density at radius 3 is 1.77 bits per heavy atom. The van der Waals surface area contributed by atoms with Gasteiger partial charge in [-0.25, -0.2) is 0 Å². The molecule has 4 aliphatic carbocycles. The van der Waals surface area contributed by atoms with Gasteiger partial charge < -0.3 is 13.6 Å². The van der Waals surface area contributed by atoms with Crippen LogP contribution in [0, 0.1) is 31.8 Å². The Balaban J connectivity index is 0.000000218. The summed E-state index contributed by atoms with van der Waals surface area (Å²) in [6.45, 7) is 13.5. The SMILES string of the molecule is CC(C)c1cc(-c2cc3ccc2CCc2ccc(cc2)CC3)cc(C(C)C)c1-n1c(-c2[c-]ccc3c2oc2cc(-c4ccccc4)ccc23)nc2ccccc21.Cc1cccc(C)c1-n1c(-c2[c-]cc(F)cc2)nc2ccccc21.[Ir]. The predicted octanol–water partition coefficient (Wildman–Crippen LogP) is 19.1. The maximum Gasteiger partial charge on any atom is 0.121 e. The number of aromatic nitrogens is 4. The Bertz CT molecular complexity index is 4400. The molecule has 0 saturated heterocycles. The van der Waals surface area contributed by atoms with E-state index in [2.05, 4.69) is 221 Å². The van der Waals surface area contributed by atoms with Gasteiger partial charge in [0, 0.05) is 42.7 Å². The minimum absolute atomic E-state index is 0. The Morgan fingerprint density at radius 2 is 1.11 bits per heavy atom. The molecule has 0 unspecified atom stereocenters. The van der Waals surface area contributed by atoms with Crippen molar-refractivity contribution in [3.63, 3.8) is 0 Å². The second-order valence-corrected chi connectivity index (χ2v) is 22.1. The molecule has 13 aromatic rings. The van der Waals surface area contributed by atoms with Crippen LogP contribution in [-0.2, 0) is 45.8 Å². The van der Waals surface area contributed by atoms with Crippen molar-refractivity contribution in [2.24, 2.45) is 0 Å². The van der Waals surface area contributed by atoms with Crippen molar-refractivity contribution < 1.29 is 28.9 Å². The number of fused-ring (bicyclic) bond motifs is 5. The third-order valence-corrected chi connectivity index (χ3v) is 16.1. The predicted molar refractivity (Wildman–Crippen MR) is 328 cm³/mol. The van der Waals surface area contributed by atoms with Crippen molar-refractivity contribution in [2.75, 3.05) is 0 Å². The van der Waals surface area contributed by atoms with E-state index in [9.17, 15) is 4.39 Å². The van der Waals surface area contributed by atoms with E-state index < -0.39 is 0 Å². The first-order valence-corrected chi connectivity index (χ1v) is 28.0. The van der Waals surface area contributed by atoms with Crippen LogP contribution in [0.2, 0.25) is 0 Å². The van der Waals surface area contributed by atoms with Crippen LogP contribution in [0.5, 0.6) is 0 Å². The van der Waals surface area contributed by atoms with Crippen LogP contribution in [0.25, 0.3) is 100 Å². The number of furan rings is 1. The Kier molecular flexibility index (Phi) is 14.6. The normalized spacial score (nSPS) is 12.3. The van der Waals surface area contributed by atoms with Crippen LogP contribution >= 0.6 is 0 Å². The zero-order chi connectivity index (χ0) is 54.6. The maximum absolute atomic E-state index is 13.3. The van der Waals surface area contributed by atoms with E-state index in [-0.39, 0.29) is 37.8 Å². The smallest absolute Gasteiger partial charge is 0.121 e. The van der Waals surface area contributed by atoms with Crippen molar-refractivity contribution in [1.29, 1.82) is 0 Å². The molecule has 3 heterocycles. The van der Waals surface area contributed by atoms with E-state index in [0.717, 1.165) is 104 Å². The monoisotopic (exact) mass is 1230 g/mol. The maximum atomic E-state index is 13.3. The molecule has 0 atom stereocenters. The summed E-state index contributed by atoms with van der Waals surface area (Å²) in [6, 6.07) is 76.6. The molecule has 0 aliphatic heterocycles. The van der Waals surface area contributed by atoms with Crippen molar-refractivity contribution in [3.05, 3.63) is 263 Å². The molecule has 0 amide bonds. The quantitative estimate of drug-likeness (QED) is 0.142. The number of para-hydroxylation sites is 5. The van der Waals surface area contributed by atoms with E-state index in [1.165, 1.54) is 79.0 Å². The molecular weight excluding hydrogens is 1170 g/mol. The van der Waals surface area contributed by atoms with E-state index in [1.54, 1.807) is 6.07 Å². The summed E-state index contributed by atoms with van der Waals surface area (Å²) in [6.07, 6.45) is 4.11. The second kappa shape index (κ2) is 22.2. The number of hydrogen-bond acceptors (Lipinski definition) is 3. The minimum atomic E-state index is -0.298. The van der Waals surface area contributed by atoms with Gasteiger partial charge in [-0.3, -0.25) is 14.4 Å². The molecule has 10 aromatic carbocycles. The van der Waals surface area contributed by atoms with Gasteiger partial charge in [0.2, 0.25) is 0 Å². The fourth-order valence-corrected chi connectivity index (χ4v) is 12.0. The van der Waals surface area contributed by atoms with Crippen LogP contribution in [0.15, 0.2) is 205 Å². The van der Waals surface area contributed by atoms with E-state index in [4.69, 9.17) is 14.4 Å². The van der Waals surface area contributed by atoms with Crippen LogP contribution in [0.1, 0.15) is 84.0 Å². The van der Waals surface area contributed by atoms with Gasteiger partial charge in [0.05, 0.1) is 39.3 Å². The molecule has 7 heteroatoms. The summed E-state index contributed by atoms with van der Waals surface area (Å²) in [5.74, 6) is 1.84. The van der Waals surface area contributed by atoms with Gasteiger partial charge in [-0.15, -0.1) is 48.0 Å². The molecule has 401 valence electrons. The molecule has 5 nitrogen and oxygen atoms in total. The third kappa shape index (κ3) is 10.0. The van der Waals surface area contributed by atoms with Gasteiger partial charge in [-0.2, -0.15) is 0 Å². The molecule has 1 radical (unpaired) electrons. The summed E-state index contributed by atoms with van der Waals surface area (Å²) in [7, 11) is 0. The summed E-state index contributed by atoms with van der Waals surface area (Å²) in [4.78, 5) is 10.2. The van der Waals surface area contributed by atoms with Crippen molar-refractivity contribution in [1.82, 2.24) is 19.1 Å². The number of benzene rings is 10. The first-order chi connectivity index (χ1) is 39.0. The standard InChI is InChI=1S/C53H45N2O.C21H16FN2.Ir/c1-33(2)45-30-41(47-29-37-22-21-35-17-19-36(20-18-35)23-25-39(47)26-24-37)31-46(34(3)4)51(45)55-49-16-9-8-15-48(49)54-53(55)44-14-10-13-43-42-28-27-40(32-50(42)56-52(43)44)38-11-6-5-7-12-38;1-14-6-5-7-15(2)20(14)24-19-9-4-3-8-18(19)23-21(24)16-10-12-17(22)13-11-16;/h5-13,15-20,24,26-34H,21-23,25H2,1-4H3;3-10,12-13H,1-2H3;/q2*-1;. The van der Waals surface area contributed by atoms with Gasteiger partial charge >= 0.3 is 0 Å². The summed E-state index contributed by atoms with van der Waals surface area (Å²) in [5.41, 5.74) is 25.1. The van der Waals surface area contributed by atoms with E-state index >= 15 is 0 Å². The van der Waals surface area contributed by atoms with Gasteiger partial charge in [0.1, 0.15) is 5.58 Å². The Hall–Kier alpha value is -8.48. The van der Waals surface area contributed by atoms with Crippen molar-refractivity contribution >= 4 is 44.0 Å². The van der Waals surface area contributed by atoms with Gasteiger partial charge in [-0.05, 0) is 161 Å². The summed E-state index contributed by atoms with van der Waals surface area (Å²) < 4.78 is 24.7. The topological polar surface area (TPSA) is 48.8 Å². The number of imidazole rings is 2. The first kappa shape index (κ1) is 53.2. The molecular formula is C74H61FIrN4O-2. The molecule has 0 N–H and O–H groups in total.